The maximum absolute atomic E-state index is 12.4. The minimum atomic E-state index is -0.585. The number of rotatable bonds is 8. The van der Waals surface area contributed by atoms with Crippen LogP contribution in [0.2, 0.25) is 0 Å². The van der Waals surface area contributed by atoms with Gasteiger partial charge in [-0.15, -0.1) is 0 Å². The molecule has 8 nitrogen and oxygen atoms in total. The SMILES string of the molecule is CN(C)c1ccc(C(=O)NCc2cccc(NC(=O)CCNC(=O)OC(C)(C)C)c2)cc1. The number of nitrogens with zero attached hydrogens (tertiary/aromatic N) is 1. The van der Waals surface area contributed by atoms with E-state index in [1.807, 2.05) is 43.3 Å². The smallest absolute Gasteiger partial charge is 0.407 e. The molecule has 0 saturated heterocycles. The molecule has 0 unspecified atom stereocenters. The summed E-state index contributed by atoms with van der Waals surface area (Å²) in [6.07, 6.45) is -0.442. The highest BCUT2D eigenvalue weighted by molar-refractivity contribution is 5.94. The summed E-state index contributed by atoms with van der Waals surface area (Å²) in [6, 6.07) is 14.6. The van der Waals surface area contributed by atoms with Gasteiger partial charge in [0.05, 0.1) is 0 Å². The van der Waals surface area contributed by atoms with Gasteiger partial charge in [-0.25, -0.2) is 4.79 Å². The van der Waals surface area contributed by atoms with Gasteiger partial charge in [-0.2, -0.15) is 0 Å². The molecular weight excluding hydrogens is 408 g/mol. The summed E-state index contributed by atoms with van der Waals surface area (Å²) in [7, 11) is 3.89. The topological polar surface area (TPSA) is 99.8 Å². The molecule has 0 aliphatic heterocycles. The largest absolute Gasteiger partial charge is 0.444 e. The minimum Gasteiger partial charge on any atom is -0.444 e. The molecule has 2 aromatic carbocycles. The van der Waals surface area contributed by atoms with Crippen LogP contribution in [0.25, 0.3) is 0 Å². The second-order valence-corrected chi connectivity index (χ2v) is 8.55. The molecule has 0 saturated carbocycles. The van der Waals surface area contributed by atoms with Gasteiger partial charge in [0.15, 0.2) is 0 Å². The number of nitrogens with one attached hydrogen (secondary N) is 3. The number of benzene rings is 2. The third-order valence-corrected chi connectivity index (χ3v) is 4.33. The van der Waals surface area contributed by atoms with Crippen molar-refractivity contribution in [3.05, 3.63) is 59.7 Å². The molecule has 172 valence electrons. The first-order valence-electron chi connectivity index (χ1n) is 10.4. The Balaban J connectivity index is 1.80. The number of carbonyl (C=O) groups excluding carboxylic acids is 3. The molecule has 3 amide bonds. The zero-order valence-electron chi connectivity index (χ0n) is 19.3. The van der Waals surface area contributed by atoms with Crippen molar-refractivity contribution in [2.45, 2.75) is 39.3 Å². The van der Waals surface area contributed by atoms with Gasteiger partial charge >= 0.3 is 6.09 Å². The summed E-state index contributed by atoms with van der Waals surface area (Å²) in [4.78, 5) is 38.1. The highest BCUT2D eigenvalue weighted by atomic mass is 16.6. The third kappa shape index (κ3) is 8.67. The lowest BCUT2D eigenvalue weighted by atomic mass is 10.1. The molecule has 32 heavy (non-hydrogen) atoms. The average molecular weight is 441 g/mol. The van der Waals surface area contributed by atoms with E-state index in [0.29, 0.717) is 17.8 Å². The summed E-state index contributed by atoms with van der Waals surface area (Å²) >= 11 is 0. The van der Waals surface area contributed by atoms with Crippen molar-refractivity contribution in [3.8, 4) is 0 Å². The van der Waals surface area contributed by atoms with E-state index in [1.54, 1.807) is 45.0 Å². The molecule has 8 heteroatoms. The Kier molecular flexibility index (Phi) is 8.63. The van der Waals surface area contributed by atoms with Gasteiger partial charge in [-0.3, -0.25) is 9.59 Å². The Morgan fingerprint density at radius 3 is 2.28 bits per heavy atom. The molecule has 0 aliphatic rings. The second kappa shape index (κ2) is 11.2. The molecule has 0 fully saturated rings. The van der Waals surface area contributed by atoms with Crippen LogP contribution >= 0.6 is 0 Å². The van der Waals surface area contributed by atoms with E-state index in [4.69, 9.17) is 4.74 Å². The average Bonchev–Trinajstić information content (AvgIpc) is 2.71. The minimum absolute atomic E-state index is 0.114. The van der Waals surface area contributed by atoms with E-state index in [2.05, 4.69) is 16.0 Å². The van der Waals surface area contributed by atoms with Crippen LogP contribution in [0.3, 0.4) is 0 Å². The number of ether oxygens (including phenoxy) is 1. The van der Waals surface area contributed by atoms with Crippen molar-refractivity contribution in [1.29, 1.82) is 0 Å². The van der Waals surface area contributed by atoms with Crippen molar-refractivity contribution in [1.82, 2.24) is 10.6 Å². The number of amides is 3. The fourth-order valence-electron chi connectivity index (χ4n) is 2.77. The van der Waals surface area contributed by atoms with Crippen LogP contribution in [0.5, 0.6) is 0 Å². The van der Waals surface area contributed by atoms with E-state index >= 15 is 0 Å². The summed E-state index contributed by atoms with van der Waals surface area (Å²) < 4.78 is 5.13. The first-order chi connectivity index (χ1) is 15.0. The molecule has 0 bridgehead atoms. The molecule has 0 radical (unpaired) electrons. The standard InChI is InChI=1S/C24H32N4O4/c1-24(2,3)32-23(31)25-14-13-21(29)27-19-8-6-7-17(15-19)16-26-22(30)18-9-11-20(12-10-18)28(4)5/h6-12,15H,13-14,16H2,1-5H3,(H,25,31)(H,26,30)(H,27,29). The summed E-state index contributed by atoms with van der Waals surface area (Å²) in [5.74, 6) is -0.402. The fourth-order valence-corrected chi connectivity index (χ4v) is 2.77. The van der Waals surface area contributed by atoms with E-state index in [-0.39, 0.29) is 24.8 Å². The van der Waals surface area contributed by atoms with Crippen molar-refractivity contribution >= 4 is 29.3 Å². The molecule has 0 aliphatic carbocycles. The number of alkyl carbamates (subject to hydrolysis) is 1. The first-order valence-corrected chi connectivity index (χ1v) is 10.4. The van der Waals surface area contributed by atoms with Crippen LogP contribution in [-0.4, -0.2) is 44.1 Å². The fraction of sp³-hybridized carbons (Fsp3) is 0.375. The second-order valence-electron chi connectivity index (χ2n) is 8.55. The highest BCUT2D eigenvalue weighted by Gasteiger charge is 2.16. The summed E-state index contributed by atoms with van der Waals surface area (Å²) in [5, 5.41) is 8.23. The monoisotopic (exact) mass is 440 g/mol. The van der Waals surface area contributed by atoms with Gasteiger partial charge in [0.2, 0.25) is 5.91 Å². The normalized spacial score (nSPS) is 10.8. The lowest BCUT2D eigenvalue weighted by Crippen LogP contribution is -2.34. The molecule has 3 N–H and O–H groups in total. The lowest BCUT2D eigenvalue weighted by molar-refractivity contribution is -0.116. The van der Waals surface area contributed by atoms with Crippen molar-refractivity contribution in [2.24, 2.45) is 0 Å². The van der Waals surface area contributed by atoms with Gasteiger partial charge in [-0.1, -0.05) is 12.1 Å². The number of hydrogen-bond donors (Lipinski definition) is 3. The molecule has 0 spiro atoms. The number of hydrogen-bond acceptors (Lipinski definition) is 5. The van der Waals surface area contributed by atoms with Gasteiger partial charge in [-0.05, 0) is 62.7 Å². The first kappa shape index (κ1) is 24.7. The van der Waals surface area contributed by atoms with Crippen LogP contribution in [0.1, 0.15) is 43.1 Å². The van der Waals surface area contributed by atoms with Crippen molar-refractivity contribution in [3.63, 3.8) is 0 Å². The Morgan fingerprint density at radius 1 is 0.969 bits per heavy atom. The zero-order valence-corrected chi connectivity index (χ0v) is 19.3. The summed E-state index contributed by atoms with van der Waals surface area (Å²) in [5.41, 5.74) is 2.49. The summed E-state index contributed by atoms with van der Waals surface area (Å²) in [6.45, 7) is 5.82. The predicted molar refractivity (Wildman–Crippen MR) is 126 cm³/mol. The number of anilines is 2. The predicted octanol–water partition coefficient (Wildman–Crippen LogP) is 3.54. The third-order valence-electron chi connectivity index (χ3n) is 4.33. The zero-order chi connectivity index (χ0) is 23.7. The van der Waals surface area contributed by atoms with Crippen LogP contribution in [0.4, 0.5) is 16.2 Å². The van der Waals surface area contributed by atoms with E-state index in [9.17, 15) is 14.4 Å². The van der Waals surface area contributed by atoms with E-state index in [0.717, 1.165) is 11.3 Å². The maximum atomic E-state index is 12.4. The molecule has 2 aromatic rings. The molecule has 0 atom stereocenters. The van der Waals surface area contributed by atoms with Gasteiger partial charge < -0.3 is 25.6 Å². The van der Waals surface area contributed by atoms with Crippen LogP contribution in [0.15, 0.2) is 48.5 Å². The Morgan fingerprint density at radius 2 is 1.66 bits per heavy atom. The quantitative estimate of drug-likeness (QED) is 0.583. The van der Waals surface area contributed by atoms with Crippen LogP contribution < -0.4 is 20.9 Å². The van der Waals surface area contributed by atoms with Gasteiger partial charge in [0.1, 0.15) is 5.60 Å². The number of carbonyl (C=O) groups is 3. The molecular formula is C24H32N4O4. The molecule has 2 rings (SSSR count). The Bertz CT molecular complexity index is 934. The van der Waals surface area contributed by atoms with E-state index < -0.39 is 11.7 Å². The van der Waals surface area contributed by atoms with Gasteiger partial charge in [0, 0.05) is 50.5 Å². The highest BCUT2D eigenvalue weighted by Crippen LogP contribution is 2.14. The van der Waals surface area contributed by atoms with Crippen molar-refractivity contribution < 1.29 is 19.1 Å². The van der Waals surface area contributed by atoms with E-state index in [1.165, 1.54) is 0 Å². The Hall–Kier alpha value is -3.55. The maximum Gasteiger partial charge on any atom is 0.407 e. The molecule has 0 aromatic heterocycles. The van der Waals surface area contributed by atoms with Crippen LogP contribution in [0, 0.1) is 0 Å². The molecule has 0 heterocycles. The lowest BCUT2D eigenvalue weighted by Gasteiger charge is -2.19. The Labute approximate surface area is 189 Å². The van der Waals surface area contributed by atoms with Crippen LogP contribution in [-0.2, 0) is 16.1 Å². The van der Waals surface area contributed by atoms with Gasteiger partial charge in [0.25, 0.3) is 5.91 Å². The van der Waals surface area contributed by atoms with Crippen molar-refractivity contribution in [2.75, 3.05) is 30.9 Å².